The molecule has 0 aliphatic carbocycles. The molecule has 1 aromatic rings. The Morgan fingerprint density at radius 3 is 2.71 bits per heavy atom. The normalized spacial score (nSPS) is 16.2. The van der Waals surface area contributed by atoms with Gasteiger partial charge in [-0.15, -0.1) is 0 Å². The summed E-state index contributed by atoms with van der Waals surface area (Å²) in [7, 11) is -2.35. The molecule has 0 spiro atoms. The minimum absolute atomic E-state index is 0.0612. The molecule has 6 heteroatoms. The molecule has 0 aromatic heterocycles. The highest BCUT2D eigenvalue weighted by molar-refractivity contribution is 7.95. The molecule has 0 fully saturated rings. The van der Waals surface area contributed by atoms with Gasteiger partial charge in [-0.05, 0) is 11.6 Å². The van der Waals surface area contributed by atoms with Gasteiger partial charge in [0.15, 0.2) is 0 Å². The van der Waals surface area contributed by atoms with Crippen LogP contribution in [0.1, 0.15) is 11.1 Å². The molecular weight excluding hydrogens is 242 g/mol. The van der Waals surface area contributed by atoms with E-state index in [1.54, 1.807) is 12.1 Å². The second-order valence-electron chi connectivity index (χ2n) is 3.60. The van der Waals surface area contributed by atoms with E-state index in [9.17, 15) is 13.2 Å². The van der Waals surface area contributed by atoms with Crippen molar-refractivity contribution >= 4 is 21.4 Å². The van der Waals surface area contributed by atoms with Gasteiger partial charge in [-0.2, -0.15) is 0 Å². The van der Waals surface area contributed by atoms with E-state index in [1.165, 1.54) is 13.2 Å². The molecule has 2 rings (SSSR count). The van der Waals surface area contributed by atoms with E-state index in [2.05, 4.69) is 4.74 Å². The lowest BCUT2D eigenvalue weighted by Gasteiger charge is -2.04. The van der Waals surface area contributed by atoms with Crippen molar-refractivity contribution in [2.75, 3.05) is 7.11 Å². The zero-order chi connectivity index (χ0) is 12.6. The molecule has 0 unspecified atom stereocenters. The van der Waals surface area contributed by atoms with E-state index < -0.39 is 15.8 Å². The van der Waals surface area contributed by atoms with E-state index in [-0.39, 0.29) is 17.0 Å². The maximum absolute atomic E-state index is 11.8. The van der Waals surface area contributed by atoms with Gasteiger partial charge in [0.05, 0.1) is 23.0 Å². The molecular formula is C11H11NO4S. The van der Waals surface area contributed by atoms with Gasteiger partial charge >= 0.3 is 5.97 Å². The van der Waals surface area contributed by atoms with Gasteiger partial charge in [0.1, 0.15) is 0 Å². The molecule has 17 heavy (non-hydrogen) atoms. The third-order valence-electron chi connectivity index (χ3n) is 2.56. The minimum Gasteiger partial charge on any atom is -0.465 e. The molecule has 0 atom stereocenters. The van der Waals surface area contributed by atoms with Crippen molar-refractivity contribution in [3.63, 3.8) is 0 Å². The van der Waals surface area contributed by atoms with Crippen LogP contribution in [0.5, 0.6) is 0 Å². The van der Waals surface area contributed by atoms with Gasteiger partial charge < -0.3 is 10.5 Å². The molecule has 1 aromatic carbocycles. The number of hydrogen-bond donors (Lipinski definition) is 1. The smallest absolute Gasteiger partial charge is 0.339 e. The Labute approximate surface area is 98.8 Å². The molecule has 0 saturated heterocycles. The Kier molecular flexibility index (Phi) is 2.76. The maximum atomic E-state index is 11.8. The zero-order valence-electron chi connectivity index (χ0n) is 9.14. The SMILES string of the molecule is COC(=O)C1=CS(=O)(=O)c2cc(CN)ccc21. The van der Waals surface area contributed by atoms with Crippen LogP contribution in [0.4, 0.5) is 0 Å². The van der Waals surface area contributed by atoms with Gasteiger partial charge in [0.2, 0.25) is 9.84 Å². The fourth-order valence-electron chi connectivity index (χ4n) is 1.70. The van der Waals surface area contributed by atoms with Gasteiger partial charge in [-0.1, -0.05) is 12.1 Å². The number of fused-ring (bicyclic) bond motifs is 1. The number of nitrogens with two attached hydrogens (primary N) is 1. The quantitative estimate of drug-likeness (QED) is 0.773. The summed E-state index contributed by atoms with van der Waals surface area (Å²) in [5.41, 5.74) is 6.58. The lowest BCUT2D eigenvalue weighted by molar-refractivity contribution is -0.133. The molecule has 1 heterocycles. The highest BCUT2D eigenvalue weighted by Crippen LogP contribution is 2.34. The molecule has 0 radical (unpaired) electrons. The predicted octanol–water partition coefficient (Wildman–Crippen LogP) is 0.446. The molecule has 0 bridgehead atoms. The van der Waals surface area contributed by atoms with Gasteiger partial charge in [-0.25, -0.2) is 13.2 Å². The van der Waals surface area contributed by atoms with Crippen LogP contribution in [0, 0.1) is 0 Å². The Hall–Kier alpha value is -1.66. The summed E-state index contributed by atoms with van der Waals surface area (Å²) in [4.78, 5) is 11.6. The highest BCUT2D eigenvalue weighted by atomic mass is 32.2. The van der Waals surface area contributed by atoms with Crippen LogP contribution < -0.4 is 5.73 Å². The fraction of sp³-hybridized carbons (Fsp3) is 0.182. The van der Waals surface area contributed by atoms with Gasteiger partial charge in [0, 0.05) is 12.1 Å². The molecule has 90 valence electrons. The number of rotatable bonds is 2. The minimum atomic E-state index is -3.56. The Morgan fingerprint density at radius 1 is 1.41 bits per heavy atom. The van der Waals surface area contributed by atoms with Crippen LogP contribution in [0.15, 0.2) is 28.5 Å². The fourth-order valence-corrected chi connectivity index (χ4v) is 3.16. The van der Waals surface area contributed by atoms with E-state index in [0.29, 0.717) is 11.1 Å². The number of carbonyl (C=O) groups excluding carboxylic acids is 1. The van der Waals surface area contributed by atoms with Crippen LogP contribution in [-0.4, -0.2) is 21.5 Å². The average Bonchev–Trinajstić information content (AvgIpc) is 2.60. The second-order valence-corrected chi connectivity index (χ2v) is 5.37. The number of sulfone groups is 1. The summed E-state index contributed by atoms with van der Waals surface area (Å²) in [5, 5.41) is 0.934. The molecule has 1 aliphatic rings. The molecule has 0 saturated carbocycles. The third-order valence-corrected chi connectivity index (χ3v) is 4.05. The standard InChI is InChI=1S/C11H11NO4S/c1-16-11(13)9-6-17(14,15)10-4-7(5-12)2-3-8(9)10/h2-4,6H,5,12H2,1H3. The summed E-state index contributed by atoms with van der Waals surface area (Å²) in [6.07, 6.45) is 0. The lowest BCUT2D eigenvalue weighted by atomic mass is 10.1. The topological polar surface area (TPSA) is 86.5 Å². The Morgan fingerprint density at radius 2 is 2.12 bits per heavy atom. The van der Waals surface area contributed by atoms with Crippen molar-refractivity contribution in [3.05, 3.63) is 34.7 Å². The molecule has 0 amide bonds. The van der Waals surface area contributed by atoms with Crippen LogP contribution in [0.2, 0.25) is 0 Å². The molecule has 5 nitrogen and oxygen atoms in total. The number of ether oxygens (including phenoxy) is 1. The van der Waals surface area contributed by atoms with Crippen molar-refractivity contribution < 1.29 is 17.9 Å². The first-order valence-electron chi connectivity index (χ1n) is 4.88. The first-order chi connectivity index (χ1) is 7.99. The zero-order valence-corrected chi connectivity index (χ0v) is 9.95. The monoisotopic (exact) mass is 253 g/mol. The first kappa shape index (κ1) is 11.8. The van der Waals surface area contributed by atoms with Crippen LogP contribution in [-0.2, 0) is 25.9 Å². The molecule has 1 aliphatic heterocycles. The van der Waals surface area contributed by atoms with Crippen LogP contribution in [0.25, 0.3) is 5.57 Å². The lowest BCUT2D eigenvalue weighted by Crippen LogP contribution is -2.03. The van der Waals surface area contributed by atoms with E-state index in [1.807, 2.05) is 0 Å². The van der Waals surface area contributed by atoms with Crippen molar-refractivity contribution in [3.8, 4) is 0 Å². The summed E-state index contributed by atoms with van der Waals surface area (Å²) < 4.78 is 28.2. The van der Waals surface area contributed by atoms with Gasteiger partial charge in [-0.3, -0.25) is 0 Å². The van der Waals surface area contributed by atoms with E-state index >= 15 is 0 Å². The van der Waals surface area contributed by atoms with Crippen LogP contribution in [0.3, 0.4) is 0 Å². The first-order valence-corrected chi connectivity index (χ1v) is 6.42. The number of carbonyl (C=O) groups is 1. The van der Waals surface area contributed by atoms with Crippen molar-refractivity contribution in [2.24, 2.45) is 5.73 Å². The number of methoxy groups -OCH3 is 1. The second kappa shape index (κ2) is 3.97. The summed E-state index contributed by atoms with van der Waals surface area (Å²) >= 11 is 0. The largest absolute Gasteiger partial charge is 0.465 e. The number of benzene rings is 1. The van der Waals surface area contributed by atoms with Crippen molar-refractivity contribution in [1.29, 1.82) is 0 Å². The summed E-state index contributed by atoms with van der Waals surface area (Å²) in [6, 6.07) is 4.75. The van der Waals surface area contributed by atoms with E-state index in [4.69, 9.17) is 5.73 Å². The van der Waals surface area contributed by atoms with Gasteiger partial charge in [0.25, 0.3) is 0 Å². The average molecular weight is 253 g/mol. The number of esters is 1. The Balaban J connectivity index is 2.65. The van der Waals surface area contributed by atoms with Crippen molar-refractivity contribution in [2.45, 2.75) is 11.4 Å². The molecule has 2 N–H and O–H groups in total. The predicted molar refractivity (Wildman–Crippen MR) is 61.5 cm³/mol. The van der Waals surface area contributed by atoms with E-state index in [0.717, 1.165) is 5.41 Å². The summed E-state index contributed by atoms with van der Waals surface area (Å²) in [5.74, 6) is -0.659. The van der Waals surface area contributed by atoms with Crippen molar-refractivity contribution in [1.82, 2.24) is 0 Å². The third kappa shape index (κ3) is 1.85. The summed E-state index contributed by atoms with van der Waals surface area (Å²) in [6.45, 7) is 0.246. The number of hydrogen-bond acceptors (Lipinski definition) is 5. The van der Waals surface area contributed by atoms with Crippen LogP contribution >= 0.6 is 0 Å². The maximum Gasteiger partial charge on any atom is 0.339 e. The Bertz CT molecular complexity index is 616. The highest BCUT2D eigenvalue weighted by Gasteiger charge is 2.31.